The van der Waals surface area contributed by atoms with Gasteiger partial charge in [0, 0.05) is 32.8 Å². The van der Waals surface area contributed by atoms with E-state index in [0.29, 0.717) is 18.2 Å². The third-order valence-electron chi connectivity index (χ3n) is 3.80. The average Bonchev–Trinajstić information content (AvgIpc) is 2.88. The first-order chi connectivity index (χ1) is 10.1. The fourth-order valence-corrected chi connectivity index (χ4v) is 2.85. The van der Waals surface area contributed by atoms with E-state index in [0.717, 1.165) is 38.2 Å². The number of nitrogens with one attached hydrogen (secondary N) is 1. The molecule has 2 rings (SSSR count). The third kappa shape index (κ3) is 4.15. The monoisotopic (exact) mass is 293 g/mol. The van der Waals surface area contributed by atoms with E-state index >= 15 is 0 Å². The maximum atomic E-state index is 11.2. The molecule has 6 heteroatoms. The van der Waals surface area contributed by atoms with Crippen molar-refractivity contribution in [3.8, 4) is 0 Å². The molecule has 1 atom stereocenters. The second-order valence-corrected chi connectivity index (χ2v) is 5.48. The Kier molecular flexibility index (Phi) is 5.52. The van der Waals surface area contributed by atoms with Gasteiger partial charge in [0.1, 0.15) is 5.69 Å². The van der Waals surface area contributed by atoms with Crippen molar-refractivity contribution >= 4 is 11.4 Å². The van der Waals surface area contributed by atoms with Crippen LogP contribution < -0.4 is 5.32 Å². The highest BCUT2D eigenvalue weighted by atomic mass is 16.6. The first-order valence-electron chi connectivity index (χ1n) is 7.36. The van der Waals surface area contributed by atoms with Crippen molar-refractivity contribution in [2.75, 3.05) is 38.7 Å². The van der Waals surface area contributed by atoms with Crippen LogP contribution in [0.2, 0.25) is 0 Å². The number of nitro groups is 1. The van der Waals surface area contributed by atoms with Crippen molar-refractivity contribution in [3.05, 3.63) is 33.9 Å². The van der Waals surface area contributed by atoms with Crippen LogP contribution in [0.25, 0.3) is 0 Å². The Bertz CT molecular complexity index is 493. The highest BCUT2D eigenvalue weighted by Crippen LogP contribution is 2.27. The molecule has 0 bridgehead atoms. The van der Waals surface area contributed by atoms with Gasteiger partial charge in [-0.05, 0) is 37.4 Å². The molecule has 0 amide bonds. The number of methoxy groups -OCH3 is 1. The van der Waals surface area contributed by atoms with Crippen molar-refractivity contribution in [2.24, 2.45) is 5.92 Å². The molecule has 0 aliphatic carbocycles. The fourth-order valence-electron chi connectivity index (χ4n) is 2.85. The van der Waals surface area contributed by atoms with Gasteiger partial charge in [0.2, 0.25) is 0 Å². The molecule has 1 unspecified atom stereocenters. The molecule has 21 heavy (non-hydrogen) atoms. The molecule has 1 heterocycles. The van der Waals surface area contributed by atoms with Crippen LogP contribution in [0.15, 0.2) is 18.2 Å². The number of anilines is 1. The van der Waals surface area contributed by atoms with E-state index in [1.165, 1.54) is 0 Å². The van der Waals surface area contributed by atoms with Gasteiger partial charge in [-0.2, -0.15) is 0 Å². The van der Waals surface area contributed by atoms with Gasteiger partial charge in [-0.15, -0.1) is 0 Å². The van der Waals surface area contributed by atoms with Crippen LogP contribution >= 0.6 is 0 Å². The first-order valence-corrected chi connectivity index (χ1v) is 7.36. The van der Waals surface area contributed by atoms with Gasteiger partial charge in [0.25, 0.3) is 5.69 Å². The number of hydrogen-bond donors (Lipinski definition) is 1. The molecule has 0 aromatic heterocycles. The molecular formula is C15H23N3O3. The number of rotatable bonds is 7. The van der Waals surface area contributed by atoms with Gasteiger partial charge in [0.15, 0.2) is 0 Å². The van der Waals surface area contributed by atoms with Crippen molar-refractivity contribution < 1.29 is 9.66 Å². The summed E-state index contributed by atoms with van der Waals surface area (Å²) >= 11 is 0. The van der Waals surface area contributed by atoms with E-state index in [9.17, 15) is 10.1 Å². The molecule has 0 saturated carbocycles. The average molecular weight is 293 g/mol. The lowest BCUT2D eigenvalue weighted by atomic mass is 10.1. The van der Waals surface area contributed by atoms with E-state index in [1.54, 1.807) is 19.2 Å². The maximum Gasteiger partial charge on any atom is 0.292 e. The Morgan fingerprint density at radius 2 is 2.33 bits per heavy atom. The van der Waals surface area contributed by atoms with Gasteiger partial charge < -0.3 is 10.1 Å². The zero-order chi connectivity index (χ0) is 15.2. The second-order valence-electron chi connectivity index (χ2n) is 5.48. The number of nitrogens with zero attached hydrogens (tertiary/aromatic N) is 2. The van der Waals surface area contributed by atoms with Gasteiger partial charge in [-0.1, -0.05) is 6.07 Å². The van der Waals surface area contributed by atoms with Crippen LogP contribution in [-0.4, -0.2) is 43.2 Å². The molecule has 1 aromatic carbocycles. The largest absolute Gasteiger partial charge is 0.384 e. The highest BCUT2D eigenvalue weighted by molar-refractivity contribution is 5.62. The van der Waals surface area contributed by atoms with Crippen LogP contribution in [0.5, 0.6) is 0 Å². The smallest absolute Gasteiger partial charge is 0.292 e. The van der Waals surface area contributed by atoms with Crippen molar-refractivity contribution in [1.29, 1.82) is 0 Å². The SMILES string of the molecule is CCNc1ccc(CN2CCC(COC)C2)cc1[N+](=O)[O-]. The number of benzene rings is 1. The summed E-state index contributed by atoms with van der Waals surface area (Å²) in [6.07, 6.45) is 1.13. The van der Waals surface area contributed by atoms with Gasteiger partial charge in [-0.25, -0.2) is 0 Å². The molecule has 1 aromatic rings. The Morgan fingerprint density at radius 1 is 1.52 bits per heavy atom. The molecule has 0 spiro atoms. The molecule has 1 fully saturated rings. The predicted octanol–water partition coefficient (Wildman–Crippen LogP) is 2.49. The number of likely N-dealkylation sites (tertiary alicyclic amines) is 1. The molecule has 1 aliphatic rings. The van der Waals surface area contributed by atoms with E-state index < -0.39 is 0 Å². The zero-order valence-electron chi connectivity index (χ0n) is 12.7. The minimum atomic E-state index is -0.320. The van der Waals surface area contributed by atoms with Gasteiger partial charge >= 0.3 is 0 Å². The molecule has 1 aliphatic heterocycles. The molecule has 0 radical (unpaired) electrons. The summed E-state index contributed by atoms with van der Waals surface area (Å²) in [5, 5.41) is 14.2. The van der Waals surface area contributed by atoms with E-state index in [1.807, 2.05) is 13.0 Å². The number of ether oxygens (including phenoxy) is 1. The molecule has 1 N–H and O–H groups in total. The summed E-state index contributed by atoms with van der Waals surface area (Å²) in [5.74, 6) is 0.575. The van der Waals surface area contributed by atoms with Crippen LogP contribution in [0.1, 0.15) is 18.9 Å². The summed E-state index contributed by atoms with van der Waals surface area (Å²) in [5.41, 5.74) is 1.73. The quantitative estimate of drug-likeness (QED) is 0.618. The lowest BCUT2D eigenvalue weighted by Gasteiger charge is -2.16. The summed E-state index contributed by atoms with van der Waals surface area (Å²) in [4.78, 5) is 13.2. The summed E-state index contributed by atoms with van der Waals surface area (Å²) in [6, 6.07) is 5.45. The topological polar surface area (TPSA) is 67.6 Å². The summed E-state index contributed by atoms with van der Waals surface area (Å²) < 4.78 is 5.19. The van der Waals surface area contributed by atoms with E-state index in [4.69, 9.17) is 4.74 Å². The van der Waals surface area contributed by atoms with Crippen molar-refractivity contribution in [2.45, 2.75) is 19.9 Å². The summed E-state index contributed by atoms with van der Waals surface area (Å²) in [6.45, 7) is 6.17. The Morgan fingerprint density at radius 3 is 3.00 bits per heavy atom. The van der Waals surface area contributed by atoms with E-state index in [-0.39, 0.29) is 10.6 Å². The highest BCUT2D eigenvalue weighted by Gasteiger charge is 2.23. The van der Waals surface area contributed by atoms with Crippen molar-refractivity contribution in [1.82, 2.24) is 4.90 Å². The lowest BCUT2D eigenvalue weighted by molar-refractivity contribution is -0.384. The molecule has 6 nitrogen and oxygen atoms in total. The van der Waals surface area contributed by atoms with E-state index in [2.05, 4.69) is 10.2 Å². The van der Waals surface area contributed by atoms with Crippen LogP contribution in [0.3, 0.4) is 0 Å². The first kappa shape index (κ1) is 15.7. The third-order valence-corrected chi connectivity index (χ3v) is 3.80. The number of hydrogen-bond acceptors (Lipinski definition) is 5. The molecular weight excluding hydrogens is 270 g/mol. The zero-order valence-corrected chi connectivity index (χ0v) is 12.7. The Hall–Kier alpha value is -1.66. The standard InChI is InChI=1S/C15H23N3O3/c1-3-16-14-5-4-12(8-15(14)18(19)20)9-17-7-6-13(10-17)11-21-2/h4-5,8,13,16H,3,6-7,9-11H2,1-2H3. The normalized spacial score (nSPS) is 18.9. The lowest BCUT2D eigenvalue weighted by Crippen LogP contribution is -2.21. The van der Waals surface area contributed by atoms with Crippen LogP contribution in [0, 0.1) is 16.0 Å². The Balaban J connectivity index is 2.04. The van der Waals surface area contributed by atoms with Gasteiger partial charge in [-0.3, -0.25) is 15.0 Å². The number of nitro benzene ring substituents is 1. The maximum absolute atomic E-state index is 11.2. The fraction of sp³-hybridized carbons (Fsp3) is 0.600. The second kappa shape index (κ2) is 7.38. The molecule has 116 valence electrons. The minimum Gasteiger partial charge on any atom is -0.384 e. The van der Waals surface area contributed by atoms with Crippen molar-refractivity contribution in [3.63, 3.8) is 0 Å². The molecule has 1 saturated heterocycles. The Labute approximate surface area is 125 Å². The van der Waals surface area contributed by atoms with Gasteiger partial charge in [0.05, 0.1) is 11.5 Å². The predicted molar refractivity (Wildman–Crippen MR) is 82.5 cm³/mol. The van der Waals surface area contributed by atoms with Crippen LogP contribution in [0.4, 0.5) is 11.4 Å². The summed E-state index contributed by atoms with van der Waals surface area (Å²) in [7, 11) is 1.73. The van der Waals surface area contributed by atoms with Crippen LogP contribution in [-0.2, 0) is 11.3 Å². The minimum absolute atomic E-state index is 0.155.